The average Bonchev–Trinajstić information content (AvgIpc) is 3.01. The van der Waals surface area contributed by atoms with Crippen molar-refractivity contribution in [1.29, 1.82) is 0 Å². The Kier molecular flexibility index (Phi) is 5.82. The molecule has 26 heavy (non-hydrogen) atoms. The smallest absolute Gasteiger partial charge is 0.283 e. The van der Waals surface area contributed by atoms with Crippen molar-refractivity contribution in [3.63, 3.8) is 0 Å². The monoisotopic (exact) mass is 413 g/mol. The zero-order chi connectivity index (χ0) is 18.8. The van der Waals surface area contributed by atoms with Gasteiger partial charge >= 0.3 is 0 Å². The third kappa shape index (κ3) is 4.01. The second-order valence-electron chi connectivity index (χ2n) is 6.09. The van der Waals surface area contributed by atoms with Crippen LogP contribution < -0.4 is 0 Å². The van der Waals surface area contributed by atoms with Crippen LogP contribution in [0.5, 0.6) is 0 Å². The van der Waals surface area contributed by atoms with Gasteiger partial charge in [0.05, 0.1) is 24.7 Å². The number of rotatable bonds is 4. The number of hydrogen-bond donors (Lipinski definition) is 0. The van der Waals surface area contributed by atoms with Gasteiger partial charge in [0.2, 0.25) is 0 Å². The van der Waals surface area contributed by atoms with Crippen LogP contribution in [0.2, 0.25) is 10.0 Å². The number of nitro groups is 1. The maximum atomic E-state index is 12.6. The second kappa shape index (κ2) is 7.92. The van der Waals surface area contributed by atoms with Crippen molar-refractivity contribution in [3.8, 4) is 0 Å². The Labute approximate surface area is 165 Å². The van der Waals surface area contributed by atoms with Crippen LogP contribution in [0.25, 0.3) is 0 Å². The summed E-state index contributed by atoms with van der Waals surface area (Å²) in [5.74, 6) is -0.147. The number of carbonyl (C=O) groups excluding carboxylic acids is 1. The molecule has 0 aliphatic carbocycles. The maximum Gasteiger partial charge on any atom is 0.283 e. The molecule has 1 aliphatic heterocycles. The molecule has 0 radical (unpaired) electrons. The first kappa shape index (κ1) is 19.1. The van der Waals surface area contributed by atoms with E-state index in [4.69, 9.17) is 23.2 Å². The van der Waals surface area contributed by atoms with Crippen LogP contribution in [-0.2, 0) is 6.54 Å². The van der Waals surface area contributed by atoms with E-state index in [2.05, 4.69) is 4.90 Å². The Morgan fingerprint density at radius 1 is 1.27 bits per heavy atom. The van der Waals surface area contributed by atoms with Gasteiger partial charge in [0, 0.05) is 38.8 Å². The molecule has 2 aromatic rings. The lowest BCUT2D eigenvalue weighted by atomic mass is 10.2. The van der Waals surface area contributed by atoms with Crippen LogP contribution >= 0.6 is 34.5 Å². The van der Waals surface area contributed by atoms with Gasteiger partial charge in [-0.2, -0.15) is 0 Å². The first-order valence-electron chi connectivity index (χ1n) is 8.06. The van der Waals surface area contributed by atoms with Crippen LogP contribution in [-0.4, -0.2) is 46.8 Å². The third-order valence-corrected chi connectivity index (χ3v) is 6.27. The topological polar surface area (TPSA) is 66.7 Å². The van der Waals surface area contributed by atoms with Gasteiger partial charge in [0.1, 0.15) is 0 Å². The number of piperazine rings is 1. The standard InChI is InChI=1S/C17H17Cl2N3O3S/c1-11-14(22(24)25)9-15(26-11)17(23)21-7-5-20(6-8-21)10-12-3-2-4-13(18)16(12)19/h2-4,9H,5-8,10H2,1H3. The van der Waals surface area contributed by atoms with Crippen molar-refractivity contribution in [2.45, 2.75) is 13.5 Å². The van der Waals surface area contributed by atoms with E-state index in [0.717, 1.165) is 5.56 Å². The predicted octanol–water partition coefficient (Wildman–Crippen LogP) is 4.23. The quantitative estimate of drug-likeness (QED) is 0.555. The number of carbonyl (C=O) groups is 1. The Balaban J connectivity index is 1.61. The Morgan fingerprint density at radius 2 is 1.96 bits per heavy atom. The summed E-state index contributed by atoms with van der Waals surface area (Å²) in [6, 6.07) is 6.95. The lowest BCUT2D eigenvalue weighted by Gasteiger charge is -2.34. The first-order valence-corrected chi connectivity index (χ1v) is 9.63. The lowest BCUT2D eigenvalue weighted by molar-refractivity contribution is -0.385. The van der Waals surface area contributed by atoms with Gasteiger partial charge in [-0.05, 0) is 18.6 Å². The van der Waals surface area contributed by atoms with Crippen molar-refractivity contribution in [2.75, 3.05) is 26.2 Å². The molecule has 1 aromatic carbocycles. The fraction of sp³-hybridized carbons (Fsp3) is 0.353. The molecular weight excluding hydrogens is 397 g/mol. The van der Waals surface area contributed by atoms with Gasteiger partial charge in [-0.1, -0.05) is 35.3 Å². The largest absolute Gasteiger partial charge is 0.335 e. The minimum atomic E-state index is -0.449. The van der Waals surface area contributed by atoms with Gasteiger partial charge in [-0.15, -0.1) is 11.3 Å². The molecule has 2 heterocycles. The summed E-state index contributed by atoms with van der Waals surface area (Å²) >= 11 is 13.5. The van der Waals surface area contributed by atoms with E-state index >= 15 is 0 Å². The molecule has 0 unspecified atom stereocenters. The molecular formula is C17H17Cl2N3O3S. The predicted molar refractivity (Wildman–Crippen MR) is 103 cm³/mol. The van der Waals surface area contributed by atoms with Crippen LogP contribution in [0.4, 0.5) is 5.69 Å². The molecule has 3 rings (SSSR count). The Hall–Kier alpha value is -1.67. The van der Waals surface area contributed by atoms with E-state index < -0.39 is 4.92 Å². The molecule has 0 bridgehead atoms. The molecule has 1 aliphatic rings. The molecule has 0 saturated carbocycles. The summed E-state index contributed by atoms with van der Waals surface area (Å²) in [4.78, 5) is 28.0. The number of thiophene rings is 1. The number of benzene rings is 1. The minimum Gasteiger partial charge on any atom is -0.335 e. The maximum absolute atomic E-state index is 12.6. The zero-order valence-electron chi connectivity index (χ0n) is 14.1. The molecule has 1 fully saturated rings. The van der Waals surface area contributed by atoms with Crippen LogP contribution in [0.3, 0.4) is 0 Å². The average molecular weight is 414 g/mol. The summed E-state index contributed by atoms with van der Waals surface area (Å²) in [6.07, 6.45) is 0. The lowest BCUT2D eigenvalue weighted by Crippen LogP contribution is -2.48. The summed E-state index contributed by atoms with van der Waals surface area (Å²) < 4.78 is 0. The summed E-state index contributed by atoms with van der Waals surface area (Å²) in [5, 5.41) is 12.1. The highest BCUT2D eigenvalue weighted by Crippen LogP contribution is 2.30. The van der Waals surface area contributed by atoms with Crippen LogP contribution in [0, 0.1) is 17.0 Å². The number of hydrogen-bond acceptors (Lipinski definition) is 5. The number of aryl methyl sites for hydroxylation is 1. The molecule has 0 spiro atoms. The second-order valence-corrected chi connectivity index (χ2v) is 8.13. The van der Waals surface area contributed by atoms with E-state index in [1.807, 2.05) is 12.1 Å². The van der Waals surface area contributed by atoms with E-state index in [1.54, 1.807) is 17.9 Å². The van der Waals surface area contributed by atoms with Crippen LogP contribution in [0.15, 0.2) is 24.3 Å². The molecule has 1 saturated heterocycles. The van der Waals surface area contributed by atoms with Gasteiger partial charge in [-0.25, -0.2) is 0 Å². The molecule has 9 heteroatoms. The van der Waals surface area contributed by atoms with Crippen molar-refractivity contribution in [2.24, 2.45) is 0 Å². The molecule has 1 amide bonds. The zero-order valence-corrected chi connectivity index (χ0v) is 16.4. The molecule has 1 aromatic heterocycles. The summed E-state index contributed by atoms with van der Waals surface area (Å²) in [5.41, 5.74) is 0.969. The summed E-state index contributed by atoms with van der Waals surface area (Å²) in [7, 11) is 0. The summed E-state index contributed by atoms with van der Waals surface area (Å²) in [6.45, 7) is 4.89. The first-order chi connectivity index (χ1) is 12.4. The van der Waals surface area contributed by atoms with Crippen molar-refractivity contribution < 1.29 is 9.72 Å². The molecule has 0 N–H and O–H groups in total. The van der Waals surface area contributed by atoms with Gasteiger partial charge in [0.15, 0.2) is 0 Å². The van der Waals surface area contributed by atoms with Gasteiger partial charge < -0.3 is 4.90 Å². The highest BCUT2D eigenvalue weighted by molar-refractivity contribution is 7.14. The minimum absolute atomic E-state index is 0.00702. The number of nitrogens with zero attached hydrogens (tertiary/aromatic N) is 3. The van der Waals surface area contributed by atoms with E-state index in [9.17, 15) is 14.9 Å². The highest BCUT2D eigenvalue weighted by atomic mass is 35.5. The van der Waals surface area contributed by atoms with Crippen molar-refractivity contribution in [1.82, 2.24) is 9.80 Å². The van der Waals surface area contributed by atoms with E-state index in [0.29, 0.717) is 52.5 Å². The Morgan fingerprint density at radius 3 is 2.58 bits per heavy atom. The van der Waals surface area contributed by atoms with E-state index in [1.165, 1.54) is 17.4 Å². The normalized spacial score (nSPS) is 15.3. The van der Waals surface area contributed by atoms with Gasteiger partial charge in [-0.3, -0.25) is 19.8 Å². The van der Waals surface area contributed by atoms with Crippen LogP contribution in [0.1, 0.15) is 20.1 Å². The Bertz CT molecular complexity index is 848. The third-order valence-electron chi connectivity index (χ3n) is 4.38. The number of halogens is 2. The SMILES string of the molecule is Cc1sc(C(=O)N2CCN(Cc3cccc(Cl)c3Cl)CC2)cc1[N+](=O)[O-]. The fourth-order valence-electron chi connectivity index (χ4n) is 2.94. The molecule has 0 atom stereocenters. The fourth-order valence-corrected chi connectivity index (χ4v) is 4.27. The van der Waals surface area contributed by atoms with Crippen molar-refractivity contribution in [3.05, 3.63) is 59.7 Å². The van der Waals surface area contributed by atoms with Gasteiger partial charge in [0.25, 0.3) is 11.6 Å². The van der Waals surface area contributed by atoms with E-state index in [-0.39, 0.29) is 11.6 Å². The number of amides is 1. The van der Waals surface area contributed by atoms with Crippen molar-refractivity contribution >= 4 is 46.1 Å². The highest BCUT2D eigenvalue weighted by Gasteiger charge is 2.26. The molecule has 138 valence electrons. The molecule has 6 nitrogen and oxygen atoms in total.